The van der Waals surface area contributed by atoms with Crippen molar-refractivity contribution < 1.29 is 142 Å². The van der Waals surface area contributed by atoms with Gasteiger partial charge >= 0.3 is 5.97 Å². The van der Waals surface area contributed by atoms with Crippen molar-refractivity contribution in [2.75, 3.05) is 143 Å². The normalized spacial score (nSPS) is 30.1. The van der Waals surface area contributed by atoms with Crippen molar-refractivity contribution in [3.8, 4) is 0 Å². The Kier molecular flexibility index (Phi) is 33.6. The molecular weight excluding hydrogens is 1800 g/mol. The van der Waals surface area contributed by atoms with E-state index in [0.717, 1.165) is 35.8 Å². The molecule has 0 saturated carbocycles. The maximum absolute atomic E-state index is 14.5. The van der Waals surface area contributed by atoms with Gasteiger partial charge in [0.15, 0.2) is 0 Å². The number of aliphatic carboxylic acids is 1. The topological polar surface area (TPSA) is 667 Å². The van der Waals surface area contributed by atoms with Crippen LogP contribution in [0.15, 0.2) is 0 Å². The predicted molar refractivity (Wildman–Crippen MR) is 461 cm³/mol. The van der Waals surface area contributed by atoms with E-state index in [1.54, 1.807) is 6.26 Å². The molecular formula is C84H123N21O29S. The molecule has 0 aliphatic carbocycles. The fourth-order valence-electron chi connectivity index (χ4n) is 21.2. The first kappa shape index (κ1) is 101. The minimum absolute atomic E-state index is 0.0265. The Labute approximate surface area is 779 Å². The van der Waals surface area contributed by atoms with Gasteiger partial charge in [-0.2, -0.15) is 11.8 Å². The molecule has 744 valence electrons. The molecule has 0 bridgehead atoms. The number of nitrogens with one attached hydrogen (secondary N) is 9. The van der Waals surface area contributed by atoms with Crippen LogP contribution in [-0.2, 0) is 101 Å². The molecule has 51 heteroatoms. The van der Waals surface area contributed by atoms with Gasteiger partial charge < -0.3 is 148 Å². The van der Waals surface area contributed by atoms with E-state index >= 15 is 0 Å². The summed E-state index contributed by atoms with van der Waals surface area (Å²) in [6.07, 6.45) is -4.13. The van der Waals surface area contributed by atoms with Crippen molar-refractivity contribution >= 4 is 136 Å². The molecule has 0 radical (unpaired) electrons. The molecule has 135 heavy (non-hydrogen) atoms. The van der Waals surface area contributed by atoms with E-state index in [2.05, 4.69) is 47.9 Å². The second kappa shape index (κ2) is 44.8. The average Bonchev–Trinajstić information content (AvgIpc) is 1.64. The van der Waals surface area contributed by atoms with Crippen molar-refractivity contribution in [3.05, 3.63) is 0 Å². The molecule has 13 aliphatic heterocycles. The molecule has 0 aromatic rings. The smallest absolute Gasteiger partial charge is 0.322 e. The largest absolute Gasteiger partial charge is 0.480 e. The van der Waals surface area contributed by atoms with E-state index in [0.29, 0.717) is 50.8 Å². The lowest BCUT2D eigenvalue weighted by molar-refractivity contribution is -0.148. The highest BCUT2D eigenvalue weighted by Gasteiger charge is 2.54. The zero-order valence-corrected chi connectivity index (χ0v) is 75.9. The number of hydrogen-bond donors (Lipinski definition) is 17. The van der Waals surface area contributed by atoms with Gasteiger partial charge in [0.2, 0.25) is 118 Å². The maximum atomic E-state index is 14.5. The summed E-state index contributed by atoms with van der Waals surface area (Å²) in [5.41, 5.74) is 0. The first-order valence-electron chi connectivity index (χ1n) is 46.4. The second-order valence-electron chi connectivity index (χ2n) is 37.0. The van der Waals surface area contributed by atoms with Gasteiger partial charge in [0.1, 0.15) is 85.1 Å². The fraction of sp³-hybridized carbons (Fsp3) is 0.750. The maximum Gasteiger partial charge on any atom is 0.322 e. The third-order valence-corrected chi connectivity index (χ3v) is 28.5. The number of carboxylic acids is 1. The number of aliphatic hydroxyl groups is 7. The molecule has 21 atom stereocenters. The minimum atomic E-state index is -1.36. The van der Waals surface area contributed by atoms with Crippen LogP contribution in [0, 0.1) is 0 Å². The van der Waals surface area contributed by atoms with Gasteiger partial charge in [0.25, 0.3) is 0 Å². The molecule has 50 nitrogen and oxygen atoms in total. The third kappa shape index (κ3) is 23.4. The Morgan fingerprint density at radius 3 is 0.778 bits per heavy atom. The quantitative estimate of drug-likeness (QED) is 0.0297. The number of rotatable bonds is 32. The number of carbonyl (C=O) groups is 21. The van der Waals surface area contributed by atoms with Crippen molar-refractivity contribution in [1.29, 1.82) is 0 Å². The lowest BCUT2D eigenvalue weighted by Gasteiger charge is -2.32. The van der Waals surface area contributed by atoms with E-state index in [4.69, 9.17) is 5.11 Å². The monoisotopic (exact) mass is 1920 g/mol. The Morgan fingerprint density at radius 2 is 0.533 bits per heavy atom. The van der Waals surface area contributed by atoms with Crippen LogP contribution in [0.5, 0.6) is 0 Å². The van der Waals surface area contributed by atoms with Crippen LogP contribution in [-0.4, -0.2) is 494 Å². The number of thioether (sulfide) groups is 1. The average molecular weight is 1920 g/mol. The predicted octanol–water partition coefficient (Wildman–Crippen LogP) is -13.4. The van der Waals surface area contributed by atoms with Crippen molar-refractivity contribution in [2.45, 2.75) is 256 Å². The summed E-state index contributed by atoms with van der Waals surface area (Å²) in [6.45, 7) is -5.76. The van der Waals surface area contributed by atoms with Crippen LogP contribution in [0.1, 0.15) is 128 Å². The molecule has 0 aromatic carbocycles. The highest BCUT2D eigenvalue weighted by atomic mass is 32.2. The standard InChI is InChI=1S/C84H123N21O29S/c1-135-21-14-51(79(129)100-37-44(107)23-58(100)77(127)92-35-70(119)120)93-64(113)29-86-71(121)59-24-45(108)38-101(59)80(130)52-9-3-16-94(52)66(115)31-88-73(123)61-26-47(110)40-103(61)82(132)54-11-5-18-96(54)68(117)33-90-75(125)63-28-49(112)42-105(63)84(134)56-13-7-20-98(56)69(118)34-91-76(126)62-27-48(111)41-104(62)83(133)55-12-6-19-97(55)67(116)32-89-74(124)60-25-46(109)39-102(60)81(131)53-10-4-17-95(53)65(114)30-87-72(122)57-22-43(106)36-99(57)78(128)50-8-2-15-85-50/h43-63,85,106-112H,2-42H2,1H3,(H,86,121)(H,87,122)(H,88,123)(H,89,124)(H,90,125)(H,91,126)(H,92,127)(H,93,113)(H,119,120)/t43-,44-,45-,46-,47-,48-,49-,50+,51+,52+,53+,54+,55+,56+,57+,58+,59+,60+,61+,62+,63+/m1/s1. The lowest BCUT2D eigenvalue weighted by atomic mass is 10.1. The molecule has 13 fully saturated rings. The van der Waals surface area contributed by atoms with Crippen LogP contribution in [0.25, 0.3) is 0 Å². The van der Waals surface area contributed by atoms with E-state index in [9.17, 15) is 136 Å². The fourth-order valence-corrected chi connectivity index (χ4v) is 21.7. The molecule has 17 N–H and O–H groups in total. The molecule has 13 saturated heterocycles. The molecule has 13 aliphatic rings. The van der Waals surface area contributed by atoms with Gasteiger partial charge in [-0.05, 0) is 102 Å². The molecule has 20 amide bonds. The number of hydrogen-bond acceptors (Lipinski definition) is 30. The Morgan fingerprint density at radius 1 is 0.296 bits per heavy atom. The van der Waals surface area contributed by atoms with Gasteiger partial charge in [0, 0.05) is 123 Å². The highest BCUT2D eigenvalue weighted by molar-refractivity contribution is 7.98. The minimum Gasteiger partial charge on any atom is -0.480 e. The van der Waals surface area contributed by atoms with Gasteiger partial charge in [0.05, 0.1) is 88.0 Å². The molecule has 13 heterocycles. The molecule has 0 unspecified atom stereocenters. The van der Waals surface area contributed by atoms with Gasteiger partial charge in [-0.3, -0.25) is 101 Å². The number of aliphatic hydroxyl groups excluding tert-OH is 7. The number of carbonyl (C=O) groups excluding carboxylic acids is 20. The Balaban J connectivity index is 0.537. The van der Waals surface area contributed by atoms with Crippen LogP contribution < -0.4 is 47.9 Å². The van der Waals surface area contributed by atoms with Gasteiger partial charge in [-0.25, -0.2) is 0 Å². The summed E-state index contributed by atoms with van der Waals surface area (Å²) in [5, 5.41) is 107. The van der Waals surface area contributed by atoms with E-state index in [1.165, 1.54) is 41.2 Å². The Bertz CT molecular complexity index is 4570. The number of carboxylic acid groups (broad SMARTS) is 1. The molecule has 0 spiro atoms. The molecule has 13 rings (SSSR count). The third-order valence-electron chi connectivity index (χ3n) is 27.9. The number of β-amino-alcohol motifs (C(OH)–C–C–N with tert-alkyl or cyclic N) is 7. The van der Waals surface area contributed by atoms with E-state index < -0.39 is 291 Å². The van der Waals surface area contributed by atoms with Crippen LogP contribution >= 0.6 is 11.8 Å². The van der Waals surface area contributed by atoms with E-state index in [1.807, 2.05) is 0 Å². The highest BCUT2D eigenvalue weighted by Crippen LogP contribution is 2.34. The van der Waals surface area contributed by atoms with Crippen molar-refractivity contribution in [2.24, 2.45) is 0 Å². The summed E-state index contributed by atoms with van der Waals surface area (Å²) in [5.74, 6) is -15.7. The zero-order valence-electron chi connectivity index (χ0n) is 75.0. The SMILES string of the molecule is CSCC[C@H](NC(=O)CNC(=O)[C@@H]1C[C@@H](O)CN1C(=O)[C@@H]1CCCN1C(=O)CNC(=O)[C@@H]1C[C@@H](O)CN1C(=O)[C@@H]1CCCN1C(=O)CNC(=O)[C@@H]1C[C@@H](O)CN1C(=O)[C@@H]1CCCN1C(=O)CNC(=O)[C@@H]1C[C@@H](O)CN1C(=O)[C@@H]1CCCN1C(=O)CNC(=O)[C@@H]1C[C@@H](O)CN1C(=O)[C@@H]1CCCN1C(=O)CNC(=O)[C@@H]1C[C@@H](O)CN1C(=O)[C@@H]1CCCN1)C(=O)N1C[C@H](O)C[C@H]1C(=O)NCC(=O)O. The van der Waals surface area contributed by atoms with Gasteiger partial charge in [-0.1, -0.05) is 0 Å². The number of likely N-dealkylation sites (tertiary alicyclic amines) is 12. The second-order valence-corrected chi connectivity index (χ2v) is 38.0. The van der Waals surface area contributed by atoms with Gasteiger partial charge in [-0.15, -0.1) is 0 Å². The first-order chi connectivity index (χ1) is 64.4. The summed E-state index contributed by atoms with van der Waals surface area (Å²) in [6, 6.07) is -16.4. The lowest BCUT2D eigenvalue weighted by Crippen LogP contribution is -2.57. The summed E-state index contributed by atoms with van der Waals surface area (Å²) >= 11 is 1.34. The zero-order chi connectivity index (χ0) is 97.2. The first-order valence-corrected chi connectivity index (χ1v) is 47.8. The number of amides is 20. The van der Waals surface area contributed by atoms with E-state index in [-0.39, 0.29) is 168 Å². The van der Waals surface area contributed by atoms with Crippen molar-refractivity contribution in [3.63, 3.8) is 0 Å². The summed E-state index contributed by atoms with van der Waals surface area (Å²) < 4.78 is 0. The summed E-state index contributed by atoms with van der Waals surface area (Å²) in [4.78, 5) is 303. The molecule has 0 aromatic heterocycles. The number of nitrogens with zero attached hydrogens (tertiary/aromatic N) is 12. The Hall–Kier alpha value is -11.1. The van der Waals surface area contributed by atoms with Crippen molar-refractivity contribution in [1.82, 2.24) is 107 Å². The van der Waals surface area contributed by atoms with Crippen LogP contribution in [0.3, 0.4) is 0 Å². The summed E-state index contributed by atoms with van der Waals surface area (Å²) in [7, 11) is 0. The van der Waals surface area contributed by atoms with Crippen LogP contribution in [0.4, 0.5) is 0 Å². The van der Waals surface area contributed by atoms with Crippen LogP contribution in [0.2, 0.25) is 0 Å².